The molecule has 0 heterocycles. The summed E-state index contributed by atoms with van der Waals surface area (Å²) >= 11 is 0. The molecule has 0 aliphatic heterocycles. The van der Waals surface area contributed by atoms with Crippen LogP contribution < -0.4 is 0 Å². The van der Waals surface area contributed by atoms with Gasteiger partial charge < -0.3 is 14.9 Å². The number of aliphatic hydroxyl groups excluding tert-OH is 1. The second kappa shape index (κ2) is 13.5. The van der Waals surface area contributed by atoms with Crippen LogP contribution in [-0.2, 0) is 0 Å². The first-order valence-electron chi connectivity index (χ1n) is 4.10. The predicted molar refractivity (Wildman–Crippen MR) is 56.6 cm³/mol. The summed E-state index contributed by atoms with van der Waals surface area (Å²) in [4.78, 5) is 4.00. The van der Waals surface area contributed by atoms with Gasteiger partial charge in [0.15, 0.2) is 0 Å². The van der Waals surface area contributed by atoms with Crippen LogP contribution in [0.1, 0.15) is 13.8 Å². The van der Waals surface area contributed by atoms with E-state index in [2.05, 4.69) is 0 Å². The summed E-state index contributed by atoms with van der Waals surface area (Å²) in [5, 5.41) is 8.06. The van der Waals surface area contributed by atoms with Crippen molar-refractivity contribution in [1.82, 2.24) is 9.80 Å². The largest absolute Gasteiger partial charge is 0.394 e. The Morgan fingerprint density at radius 1 is 0.750 bits per heavy atom. The fraction of sp³-hybridized carbons (Fsp3) is 1.00. The highest BCUT2D eigenvalue weighted by Gasteiger charge is 1.69. The Labute approximate surface area is 78.0 Å². The Kier molecular flexibility index (Phi) is 20.0. The maximum atomic E-state index is 8.06. The molecule has 0 unspecified atom stereocenters. The fourth-order valence-electron chi connectivity index (χ4n) is 0. The van der Waals surface area contributed by atoms with Crippen LogP contribution >= 0.6 is 0 Å². The first kappa shape index (κ1) is 17.8. The lowest BCUT2D eigenvalue weighted by molar-refractivity contribution is 0.216. The SMILES string of the molecule is CC(C)O.CN(C)C.CN(C)C. The molecule has 0 rings (SSSR count). The molecule has 0 amide bonds. The van der Waals surface area contributed by atoms with Crippen molar-refractivity contribution in [3.05, 3.63) is 0 Å². The molecule has 0 saturated carbocycles. The van der Waals surface area contributed by atoms with Gasteiger partial charge in [0.2, 0.25) is 0 Å². The highest BCUT2D eigenvalue weighted by Crippen LogP contribution is 1.65. The fourth-order valence-corrected chi connectivity index (χ4v) is 0. The summed E-state index contributed by atoms with van der Waals surface area (Å²) in [7, 11) is 12.0. The molecule has 0 atom stereocenters. The molecule has 0 fully saturated rings. The average Bonchev–Trinajstić information content (AvgIpc) is 1.54. The van der Waals surface area contributed by atoms with Crippen LogP contribution in [0.4, 0.5) is 0 Å². The maximum absolute atomic E-state index is 8.06. The van der Waals surface area contributed by atoms with Gasteiger partial charge in [-0.05, 0) is 56.1 Å². The van der Waals surface area contributed by atoms with Crippen molar-refractivity contribution >= 4 is 0 Å². The first-order valence-corrected chi connectivity index (χ1v) is 4.10. The summed E-state index contributed by atoms with van der Waals surface area (Å²) in [5.41, 5.74) is 0. The van der Waals surface area contributed by atoms with E-state index in [0.717, 1.165) is 0 Å². The summed E-state index contributed by atoms with van der Waals surface area (Å²) in [6.45, 7) is 3.44. The standard InChI is InChI=1S/2C3H9N.C3H8O/c2*1-4(2)3;1-3(2)4/h2*1-3H3;3-4H,1-2H3. The zero-order valence-corrected chi connectivity index (χ0v) is 9.92. The monoisotopic (exact) mass is 178 g/mol. The Morgan fingerprint density at radius 2 is 0.750 bits per heavy atom. The van der Waals surface area contributed by atoms with E-state index in [0.29, 0.717) is 0 Å². The normalized spacial score (nSPS) is 9.00. The van der Waals surface area contributed by atoms with Crippen molar-refractivity contribution in [3.8, 4) is 0 Å². The van der Waals surface area contributed by atoms with Gasteiger partial charge >= 0.3 is 0 Å². The van der Waals surface area contributed by atoms with Gasteiger partial charge in [-0.1, -0.05) is 0 Å². The van der Waals surface area contributed by atoms with Crippen LogP contribution in [0.15, 0.2) is 0 Å². The second-order valence-corrected chi connectivity index (χ2v) is 3.78. The Hall–Kier alpha value is -0.120. The lowest BCUT2D eigenvalue weighted by atomic mass is 10.5. The van der Waals surface area contributed by atoms with E-state index in [1.54, 1.807) is 13.8 Å². The maximum Gasteiger partial charge on any atom is 0.0483 e. The second-order valence-electron chi connectivity index (χ2n) is 3.78. The molecule has 0 aromatic rings. The topological polar surface area (TPSA) is 26.7 Å². The molecule has 0 saturated heterocycles. The van der Waals surface area contributed by atoms with E-state index in [1.165, 1.54) is 0 Å². The zero-order valence-electron chi connectivity index (χ0n) is 9.92. The molecule has 0 bridgehead atoms. The van der Waals surface area contributed by atoms with Crippen LogP contribution in [0.5, 0.6) is 0 Å². The van der Waals surface area contributed by atoms with Gasteiger partial charge in [0.1, 0.15) is 0 Å². The lowest BCUT2D eigenvalue weighted by Crippen LogP contribution is -1.99. The summed E-state index contributed by atoms with van der Waals surface area (Å²) in [6.07, 6.45) is -0.167. The molecule has 12 heavy (non-hydrogen) atoms. The van der Waals surface area contributed by atoms with Gasteiger partial charge in [0, 0.05) is 6.10 Å². The quantitative estimate of drug-likeness (QED) is 0.593. The number of hydrogen-bond donors (Lipinski definition) is 1. The highest BCUT2D eigenvalue weighted by atomic mass is 16.3. The van der Waals surface area contributed by atoms with Gasteiger partial charge in [0.25, 0.3) is 0 Å². The molecule has 78 valence electrons. The van der Waals surface area contributed by atoms with Gasteiger partial charge in [-0.2, -0.15) is 0 Å². The van der Waals surface area contributed by atoms with E-state index in [-0.39, 0.29) is 6.10 Å². The van der Waals surface area contributed by atoms with Crippen LogP contribution in [0.25, 0.3) is 0 Å². The third-order valence-electron chi connectivity index (χ3n) is 0. The van der Waals surface area contributed by atoms with Crippen LogP contribution in [0.2, 0.25) is 0 Å². The molecule has 3 heteroatoms. The molecule has 0 radical (unpaired) electrons. The number of hydrogen-bond acceptors (Lipinski definition) is 3. The number of rotatable bonds is 0. The van der Waals surface area contributed by atoms with Crippen molar-refractivity contribution in [2.24, 2.45) is 0 Å². The molecule has 1 N–H and O–H groups in total. The van der Waals surface area contributed by atoms with E-state index < -0.39 is 0 Å². The summed E-state index contributed by atoms with van der Waals surface area (Å²) in [6, 6.07) is 0. The van der Waals surface area contributed by atoms with Crippen molar-refractivity contribution < 1.29 is 5.11 Å². The predicted octanol–water partition coefficient (Wildman–Crippen LogP) is 0.743. The van der Waals surface area contributed by atoms with Crippen molar-refractivity contribution in [2.75, 3.05) is 42.3 Å². The first-order chi connectivity index (χ1) is 5.20. The Balaban J connectivity index is -0.000000101. The van der Waals surface area contributed by atoms with Crippen LogP contribution in [-0.4, -0.2) is 63.3 Å². The third-order valence-corrected chi connectivity index (χ3v) is 0. The van der Waals surface area contributed by atoms with Crippen molar-refractivity contribution in [2.45, 2.75) is 20.0 Å². The zero-order chi connectivity index (χ0) is 10.7. The highest BCUT2D eigenvalue weighted by molar-refractivity contribution is 4.20. The lowest BCUT2D eigenvalue weighted by Gasteiger charge is -1.90. The third kappa shape index (κ3) is 54100. The average molecular weight is 178 g/mol. The van der Waals surface area contributed by atoms with E-state index in [1.807, 2.05) is 52.1 Å². The molecular weight excluding hydrogens is 152 g/mol. The van der Waals surface area contributed by atoms with Crippen LogP contribution in [0.3, 0.4) is 0 Å². The molecule has 3 nitrogen and oxygen atoms in total. The van der Waals surface area contributed by atoms with E-state index in [9.17, 15) is 0 Å². The minimum Gasteiger partial charge on any atom is -0.394 e. The minimum atomic E-state index is -0.167. The Bertz CT molecular complexity index is 41.0. The smallest absolute Gasteiger partial charge is 0.0483 e. The summed E-state index contributed by atoms with van der Waals surface area (Å²) < 4.78 is 0. The van der Waals surface area contributed by atoms with Crippen molar-refractivity contribution in [1.29, 1.82) is 0 Å². The molecule has 0 aliphatic carbocycles. The van der Waals surface area contributed by atoms with Crippen molar-refractivity contribution in [3.63, 3.8) is 0 Å². The molecule has 0 aliphatic rings. The van der Waals surface area contributed by atoms with E-state index >= 15 is 0 Å². The van der Waals surface area contributed by atoms with Gasteiger partial charge in [-0.25, -0.2) is 0 Å². The number of nitrogens with zero attached hydrogens (tertiary/aromatic N) is 2. The minimum absolute atomic E-state index is 0.167. The Morgan fingerprint density at radius 3 is 0.750 bits per heavy atom. The van der Waals surface area contributed by atoms with Gasteiger partial charge in [-0.3, -0.25) is 0 Å². The van der Waals surface area contributed by atoms with Gasteiger partial charge in [0.05, 0.1) is 0 Å². The molecular formula is C9H26N2O. The molecule has 0 spiro atoms. The summed E-state index contributed by atoms with van der Waals surface area (Å²) in [5.74, 6) is 0. The molecule has 0 aromatic carbocycles. The molecule has 0 aromatic heterocycles. The van der Waals surface area contributed by atoms with Crippen LogP contribution in [0, 0.1) is 0 Å². The van der Waals surface area contributed by atoms with E-state index in [4.69, 9.17) is 5.11 Å². The number of aliphatic hydroxyl groups is 1. The van der Waals surface area contributed by atoms with Gasteiger partial charge in [-0.15, -0.1) is 0 Å².